The van der Waals surface area contributed by atoms with Crippen molar-refractivity contribution in [3.8, 4) is 0 Å². The van der Waals surface area contributed by atoms with Gasteiger partial charge in [-0.3, -0.25) is 4.79 Å². The topological polar surface area (TPSA) is 55.1 Å². The van der Waals surface area contributed by atoms with Crippen molar-refractivity contribution in [2.24, 2.45) is 5.73 Å². The van der Waals surface area contributed by atoms with E-state index in [1.165, 1.54) is 6.07 Å². The average Bonchev–Trinajstić information content (AvgIpc) is 2.21. The SMILES string of the molecule is C[C@@H](CN)NC(=O)c1ccc(F)c(F)c1.Cl. The minimum absolute atomic E-state index is 0. The highest BCUT2D eigenvalue weighted by Crippen LogP contribution is 2.08. The molecule has 90 valence electrons. The van der Waals surface area contributed by atoms with Crippen LogP contribution in [0.25, 0.3) is 0 Å². The van der Waals surface area contributed by atoms with Crippen molar-refractivity contribution >= 4 is 18.3 Å². The zero-order valence-corrected chi connectivity index (χ0v) is 9.48. The molecule has 3 N–H and O–H groups in total. The zero-order valence-electron chi connectivity index (χ0n) is 8.67. The zero-order chi connectivity index (χ0) is 11.4. The number of nitrogens with one attached hydrogen (secondary N) is 1. The smallest absolute Gasteiger partial charge is 0.251 e. The minimum Gasteiger partial charge on any atom is -0.348 e. The Morgan fingerprint density at radius 3 is 2.56 bits per heavy atom. The van der Waals surface area contributed by atoms with Gasteiger partial charge in [-0.05, 0) is 25.1 Å². The third-order valence-corrected chi connectivity index (χ3v) is 1.91. The fourth-order valence-electron chi connectivity index (χ4n) is 1.00. The Kier molecular flexibility index (Phi) is 5.92. The second-order valence-corrected chi connectivity index (χ2v) is 3.24. The van der Waals surface area contributed by atoms with Gasteiger partial charge in [-0.2, -0.15) is 0 Å². The molecule has 0 unspecified atom stereocenters. The molecule has 0 radical (unpaired) electrons. The lowest BCUT2D eigenvalue weighted by molar-refractivity contribution is 0.0940. The Labute approximate surface area is 98.4 Å². The third kappa shape index (κ3) is 3.75. The maximum atomic E-state index is 12.8. The quantitative estimate of drug-likeness (QED) is 0.854. The Balaban J connectivity index is 0.00000225. The highest BCUT2D eigenvalue weighted by molar-refractivity contribution is 5.94. The molecule has 0 bridgehead atoms. The lowest BCUT2D eigenvalue weighted by Gasteiger charge is -2.11. The first kappa shape index (κ1) is 14.8. The molecule has 16 heavy (non-hydrogen) atoms. The first-order valence-corrected chi connectivity index (χ1v) is 4.50. The molecular formula is C10H13ClF2N2O. The maximum absolute atomic E-state index is 12.8. The van der Waals surface area contributed by atoms with Gasteiger partial charge in [0.15, 0.2) is 11.6 Å². The minimum atomic E-state index is -1.04. The van der Waals surface area contributed by atoms with Crippen LogP contribution in [0, 0.1) is 11.6 Å². The summed E-state index contributed by atoms with van der Waals surface area (Å²) >= 11 is 0. The summed E-state index contributed by atoms with van der Waals surface area (Å²) in [4.78, 5) is 11.4. The monoisotopic (exact) mass is 250 g/mol. The van der Waals surface area contributed by atoms with Gasteiger partial charge in [0, 0.05) is 18.2 Å². The number of hydrogen-bond donors (Lipinski definition) is 2. The number of benzene rings is 1. The van der Waals surface area contributed by atoms with Crippen LogP contribution >= 0.6 is 12.4 Å². The van der Waals surface area contributed by atoms with Crippen LogP contribution in [0.2, 0.25) is 0 Å². The number of carbonyl (C=O) groups excluding carboxylic acids is 1. The van der Waals surface area contributed by atoms with Crippen molar-refractivity contribution in [3.63, 3.8) is 0 Å². The fourth-order valence-corrected chi connectivity index (χ4v) is 1.00. The van der Waals surface area contributed by atoms with E-state index in [-0.39, 0.29) is 30.6 Å². The molecule has 6 heteroatoms. The molecule has 0 heterocycles. The van der Waals surface area contributed by atoms with Crippen LogP contribution in [0.3, 0.4) is 0 Å². The van der Waals surface area contributed by atoms with E-state index in [4.69, 9.17) is 5.73 Å². The normalized spacial score (nSPS) is 11.5. The van der Waals surface area contributed by atoms with E-state index in [0.717, 1.165) is 12.1 Å². The lowest BCUT2D eigenvalue weighted by atomic mass is 10.2. The molecule has 1 atom stereocenters. The van der Waals surface area contributed by atoms with E-state index in [1.807, 2.05) is 0 Å². The molecule has 1 aromatic rings. The maximum Gasteiger partial charge on any atom is 0.251 e. The van der Waals surface area contributed by atoms with Gasteiger partial charge in [0.05, 0.1) is 0 Å². The summed E-state index contributed by atoms with van der Waals surface area (Å²) in [6.45, 7) is 2.01. The molecule has 0 saturated carbocycles. The van der Waals surface area contributed by atoms with Crippen molar-refractivity contribution in [2.45, 2.75) is 13.0 Å². The van der Waals surface area contributed by atoms with Crippen LogP contribution in [0.5, 0.6) is 0 Å². The summed E-state index contributed by atoms with van der Waals surface area (Å²) < 4.78 is 25.3. The van der Waals surface area contributed by atoms with Crippen LogP contribution in [0.15, 0.2) is 18.2 Å². The van der Waals surface area contributed by atoms with E-state index in [0.29, 0.717) is 0 Å². The number of rotatable bonds is 3. The highest BCUT2D eigenvalue weighted by Gasteiger charge is 2.11. The Morgan fingerprint density at radius 2 is 2.06 bits per heavy atom. The number of carbonyl (C=O) groups is 1. The van der Waals surface area contributed by atoms with Crippen LogP contribution in [0.4, 0.5) is 8.78 Å². The summed E-state index contributed by atoms with van der Waals surface area (Å²) in [6, 6.07) is 2.79. The number of amides is 1. The van der Waals surface area contributed by atoms with Gasteiger partial charge >= 0.3 is 0 Å². The van der Waals surface area contributed by atoms with E-state index in [1.54, 1.807) is 6.92 Å². The van der Waals surface area contributed by atoms with Crippen LogP contribution in [-0.2, 0) is 0 Å². The molecule has 0 fully saturated rings. The average molecular weight is 251 g/mol. The molecule has 0 aliphatic heterocycles. The van der Waals surface area contributed by atoms with Gasteiger partial charge in [0.1, 0.15) is 0 Å². The number of halogens is 3. The summed E-state index contributed by atoms with van der Waals surface area (Å²) in [5, 5.41) is 2.54. The van der Waals surface area contributed by atoms with Gasteiger partial charge < -0.3 is 11.1 Å². The van der Waals surface area contributed by atoms with Gasteiger partial charge in [-0.25, -0.2) is 8.78 Å². The van der Waals surface area contributed by atoms with Gasteiger partial charge in [-0.15, -0.1) is 12.4 Å². The van der Waals surface area contributed by atoms with E-state index >= 15 is 0 Å². The predicted octanol–water partition coefficient (Wildman–Crippen LogP) is 1.46. The Bertz CT molecular complexity index is 374. The molecule has 1 aromatic carbocycles. The van der Waals surface area contributed by atoms with Crippen molar-refractivity contribution in [1.82, 2.24) is 5.32 Å². The molecule has 1 rings (SSSR count). The first-order valence-electron chi connectivity index (χ1n) is 4.50. The van der Waals surface area contributed by atoms with Gasteiger partial charge in [0.2, 0.25) is 0 Å². The van der Waals surface area contributed by atoms with E-state index in [9.17, 15) is 13.6 Å². The molecule has 0 aliphatic rings. The van der Waals surface area contributed by atoms with Crippen LogP contribution in [0.1, 0.15) is 17.3 Å². The first-order chi connectivity index (χ1) is 7.04. The molecular weight excluding hydrogens is 238 g/mol. The van der Waals surface area contributed by atoms with Crippen molar-refractivity contribution in [3.05, 3.63) is 35.4 Å². The lowest BCUT2D eigenvalue weighted by Crippen LogP contribution is -2.37. The van der Waals surface area contributed by atoms with Crippen LogP contribution < -0.4 is 11.1 Å². The van der Waals surface area contributed by atoms with Crippen molar-refractivity contribution in [1.29, 1.82) is 0 Å². The summed E-state index contributed by atoms with van der Waals surface area (Å²) in [6.07, 6.45) is 0. The third-order valence-electron chi connectivity index (χ3n) is 1.91. The standard InChI is InChI=1S/C10H12F2N2O.ClH/c1-6(5-13)14-10(15)7-2-3-8(11)9(12)4-7;/h2-4,6H,5,13H2,1H3,(H,14,15);1H/t6-;/m0./s1. The summed E-state index contributed by atoms with van der Waals surface area (Å²) in [5.74, 6) is -2.48. The predicted molar refractivity (Wildman–Crippen MR) is 59.6 cm³/mol. The second-order valence-electron chi connectivity index (χ2n) is 3.24. The Morgan fingerprint density at radius 1 is 1.44 bits per heavy atom. The van der Waals surface area contributed by atoms with E-state index in [2.05, 4.69) is 5.32 Å². The molecule has 0 aromatic heterocycles. The van der Waals surface area contributed by atoms with E-state index < -0.39 is 17.5 Å². The molecule has 3 nitrogen and oxygen atoms in total. The molecule has 0 aliphatic carbocycles. The summed E-state index contributed by atoms with van der Waals surface area (Å²) in [5.41, 5.74) is 5.38. The molecule has 0 saturated heterocycles. The summed E-state index contributed by atoms with van der Waals surface area (Å²) in [7, 11) is 0. The molecule has 0 spiro atoms. The number of nitrogens with two attached hydrogens (primary N) is 1. The fraction of sp³-hybridized carbons (Fsp3) is 0.300. The van der Waals surface area contributed by atoms with Crippen molar-refractivity contribution in [2.75, 3.05) is 6.54 Å². The van der Waals surface area contributed by atoms with Gasteiger partial charge in [0.25, 0.3) is 5.91 Å². The van der Waals surface area contributed by atoms with Gasteiger partial charge in [-0.1, -0.05) is 0 Å². The molecule has 1 amide bonds. The van der Waals surface area contributed by atoms with Crippen molar-refractivity contribution < 1.29 is 13.6 Å². The highest BCUT2D eigenvalue weighted by atomic mass is 35.5. The second kappa shape index (κ2) is 6.40. The Hall–Kier alpha value is -1.20. The number of hydrogen-bond acceptors (Lipinski definition) is 2. The largest absolute Gasteiger partial charge is 0.348 e. The van der Waals surface area contributed by atoms with Crippen LogP contribution in [-0.4, -0.2) is 18.5 Å².